The molecule has 1 amide bonds. The number of rotatable bonds is 2. The van der Waals surface area contributed by atoms with E-state index in [1.54, 1.807) is 0 Å². The van der Waals surface area contributed by atoms with Crippen molar-refractivity contribution in [2.45, 2.75) is 25.3 Å². The van der Waals surface area contributed by atoms with Crippen LogP contribution in [0.4, 0.5) is 0 Å². The lowest BCUT2D eigenvalue weighted by atomic mass is 9.98. The standard InChI is InChI=1S/C21H21NO/c1-22(21(23)15-11-13-10-14(13)12-15)20-18-8-4-2-6-16(18)17-7-3-5-9-19(17)20/h2-9,13-15,20H,10-12H2,1H3. The van der Waals surface area contributed by atoms with E-state index < -0.39 is 0 Å². The van der Waals surface area contributed by atoms with E-state index in [9.17, 15) is 4.79 Å². The van der Waals surface area contributed by atoms with Gasteiger partial charge in [0.25, 0.3) is 0 Å². The maximum absolute atomic E-state index is 13.0. The smallest absolute Gasteiger partial charge is 0.226 e. The fraction of sp³-hybridized carbons (Fsp3) is 0.381. The van der Waals surface area contributed by atoms with Gasteiger partial charge < -0.3 is 4.90 Å². The zero-order valence-corrected chi connectivity index (χ0v) is 13.4. The van der Waals surface area contributed by atoms with Crippen LogP contribution in [-0.4, -0.2) is 17.9 Å². The van der Waals surface area contributed by atoms with E-state index in [-0.39, 0.29) is 12.0 Å². The van der Waals surface area contributed by atoms with Crippen molar-refractivity contribution >= 4 is 5.91 Å². The second-order valence-electron chi connectivity index (χ2n) is 7.45. The van der Waals surface area contributed by atoms with Crippen LogP contribution in [0.3, 0.4) is 0 Å². The number of amides is 1. The second-order valence-corrected chi connectivity index (χ2v) is 7.45. The summed E-state index contributed by atoms with van der Waals surface area (Å²) in [5, 5.41) is 0. The monoisotopic (exact) mass is 303 g/mol. The number of benzene rings is 2. The Bertz CT molecular complexity index is 740. The van der Waals surface area contributed by atoms with E-state index in [0.29, 0.717) is 5.91 Å². The fourth-order valence-electron chi connectivity index (χ4n) is 4.88. The Morgan fingerprint density at radius 2 is 1.39 bits per heavy atom. The van der Waals surface area contributed by atoms with Gasteiger partial charge >= 0.3 is 0 Å². The Balaban J connectivity index is 1.53. The summed E-state index contributed by atoms with van der Waals surface area (Å²) in [6.07, 6.45) is 3.59. The quantitative estimate of drug-likeness (QED) is 0.811. The van der Waals surface area contributed by atoms with Crippen molar-refractivity contribution < 1.29 is 4.79 Å². The van der Waals surface area contributed by atoms with Gasteiger partial charge in [-0.1, -0.05) is 48.5 Å². The molecule has 2 saturated carbocycles. The van der Waals surface area contributed by atoms with Gasteiger partial charge in [-0.05, 0) is 53.4 Å². The van der Waals surface area contributed by atoms with Crippen LogP contribution in [0.5, 0.6) is 0 Å². The van der Waals surface area contributed by atoms with Gasteiger partial charge in [0.05, 0.1) is 6.04 Å². The molecule has 3 aliphatic carbocycles. The molecule has 0 heterocycles. The third-order valence-corrected chi connectivity index (χ3v) is 6.13. The van der Waals surface area contributed by atoms with E-state index in [1.165, 1.54) is 28.7 Å². The van der Waals surface area contributed by atoms with Crippen molar-refractivity contribution in [1.82, 2.24) is 4.90 Å². The molecule has 3 aliphatic rings. The number of hydrogen-bond acceptors (Lipinski definition) is 1. The highest BCUT2D eigenvalue weighted by molar-refractivity contribution is 5.84. The van der Waals surface area contributed by atoms with Crippen molar-refractivity contribution in [2.24, 2.45) is 17.8 Å². The van der Waals surface area contributed by atoms with Gasteiger partial charge in [0, 0.05) is 13.0 Å². The van der Waals surface area contributed by atoms with Gasteiger partial charge in [-0.3, -0.25) is 4.79 Å². The minimum absolute atomic E-state index is 0.0758. The van der Waals surface area contributed by atoms with Crippen LogP contribution in [0, 0.1) is 17.8 Å². The average Bonchev–Trinajstić information content (AvgIpc) is 3.06. The highest BCUT2D eigenvalue weighted by atomic mass is 16.2. The molecule has 2 heteroatoms. The van der Waals surface area contributed by atoms with E-state index in [4.69, 9.17) is 0 Å². The Morgan fingerprint density at radius 1 is 0.870 bits per heavy atom. The van der Waals surface area contributed by atoms with Crippen LogP contribution >= 0.6 is 0 Å². The van der Waals surface area contributed by atoms with E-state index in [2.05, 4.69) is 48.5 Å². The lowest BCUT2D eigenvalue weighted by Crippen LogP contribution is -2.35. The van der Waals surface area contributed by atoms with Crippen LogP contribution in [0.2, 0.25) is 0 Å². The first-order valence-corrected chi connectivity index (χ1v) is 8.69. The third-order valence-electron chi connectivity index (χ3n) is 6.13. The molecule has 116 valence electrons. The number of carbonyl (C=O) groups excluding carboxylic acids is 1. The summed E-state index contributed by atoms with van der Waals surface area (Å²) in [4.78, 5) is 15.1. The minimum atomic E-state index is 0.0758. The molecule has 0 aromatic heterocycles. The number of carbonyl (C=O) groups is 1. The highest BCUT2D eigenvalue weighted by Gasteiger charge is 2.49. The predicted molar refractivity (Wildman–Crippen MR) is 90.8 cm³/mol. The van der Waals surface area contributed by atoms with Gasteiger partial charge in [0.1, 0.15) is 0 Å². The van der Waals surface area contributed by atoms with Crippen LogP contribution < -0.4 is 0 Å². The van der Waals surface area contributed by atoms with Crippen molar-refractivity contribution in [1.29, 1.82) is 0 Å². The summed E-state index contributed by atoms with van der Waals surface area (Å²) in [7, 11) is 2.00. The van der Waals surface area contributed by atoms with E-state index in [0.717, 1.165) is 24.7 Å². The SMILES string of the molecule is CN(C(=O)C1CC2CC2C1)C1c2ccccc2-c2ccccc21. The number of nitrogens with zero attached hydrogens (tertiary/aromatic N) is 1. The summed E-state index contributed by atoms with van der Waals surface area (Å²) in [6.45, 7) is 0. The van der Waals surface area contributed by atoms with Gasteiger partial charge in [0.15, 0.2) is 0 Å². The van der Waals surface area contributed by atoms with Crippen LogP contribution in [-0.2, 0) is 4.79 Å². The lowest BCUT2D eigenvalue weighted by Gasteiger charge is -2.29. The van der Waals surface area contributed by atoms with Crippen molar-refractivity contribution in [3.8, 4) is 11.1 Å². The molecular formula is C21H21NO. The molecule has 2 aromatic rings. The van der Waals surface area contributed by atoms with Crippen LogP contribution in [0.25, 0.3) is 11.1 Å². The Kier molecular flexibility index (Phi) is 2.73. The van der Waals surface area contributed by atoms with Gasteiger partial charge in [0.2, 0.25) is 5.91 Å². The Labute approximate surface area is 137 Å². The largest absolute Gasteiger partial charge is 0.334 e. The summed E-state index contributed by atoms with van der Waals surface area (Å²) < 4.78 is 0. The molecular weight excluding hydrogens is 282 g/mol. The minimum Gasteiger partial charge on any atom is -0.334 e. The first kappa shape index (κ1) is 13.4. The highest BCUT2D eigenvalue weighted by Crippen LogP contribution is 2.55. The summed E-state index contributed by atoms with van der Waals surface area (Å²) in [5.74, 6) is 2.29. The third kappa shape index (κ3) is 1.90. The van der Waals surface area contributed by atoms with Gasteiger partial charge in [-0.2, -0.15) is 0 Å². The first-order chi connectivity index (χ1) is 11.2. The summed E-state index contributed by atoms with van der Waals surface area (Å²) in [5.41, 5.74) is 5.10. The zero-order valence-electron chi connectivity index (χ0n) is 13.4. The van der Waals surface area contributed by atoms with Crippen LogP contribution in [0.1, 0.15) is 36.4 Å². The van der Waals surface area contributed by atoms with Gasteiger partial charge in [-0.15, -0.1) is 0 Å². The number of hydrogen-bond donors (Lipinski definition) is 0. The molecule has 23 heavy (non-hydrogen) atoms. The molecule has 0 N–H and O–H groups in total. The molecule has 5 rings (SSSR count). The maximum Gasteiger partial charge on any atom is 0.226 e. The summed E-state index contributed by atoms with van der Waals surface area (Å²) in [6, 6.07) is 17.1. The lowest BCUT2D eigenvalue weighted by molar-refractivity contribution is -0.135. The molecule has 2 aromatic carbocycles. The molecule has 2 nitrogen and oxygen atoms in total. The Morgan fingerprint density at radius 3 is 1.96 bits per heavy atom. The zero-order chi connectivity index (χ0) is 15.6. The second kappa shape index (κ2) is 4.70. The predicted octanol–water partition coefficient (Wildman–Crippen LogP) is 4.26. The normalized spacial score (nSPS) is 27.3. The molecule has 0 bridgehead atoms. The topological polar surface area (TPSA) is 20.3 Å². The fourth-order valence-corrected chi connectivity index (χ4v) is 4.88. The van der Waals surface area contributed by atoms with E-state index in [1.807, 2.05) is 11.9 Å². The molecule has 0 saturated heterocycles. The molecule has 2 unspecified atom stereocenters. The first-order valence-electron chi connectivity index (χ1n) is 8.69. The molecule has 0 spiro atoms. The number of fused-ring (bicyclic) bond motifs is 4. The van der Waals surface area contributed by atoms with Crippen molar-refractivity contribution in [3.63, 3.8) is 0 Å². The maximum atomic E-state index is 13.0. The summed E-state index contributed by atoms with van der Waals surface area (Å²) >= 11 is 0. The van der Waals surface area contributed by atoms with E-state index >= 15 is 0 Å². The molecule has 2 atom stereocenters. The average molecular weight is 303 g/mol. The Hall–Kier alpha value is -2.09. The van der Waals surface area contributed by atoms with Crippen molar-refractivity contribution in [3.05, 3.63) is 59.7 Å². The van der Waals surface area contributed by atoms with Crippen LogP contribution in [0.15, 0.2) is 48.5 Å². The molecule has 2 fully saturated rings. The molecule has 0 aliphatic heterocycles. The van der Waals surface area contributed by atoms with Gasteiger partial charge in [-0.25, -0.2) is 0 Å². The molecule has 0 radical (unpaired) electrons. The van der Waals surface area contributed by atoms with Crippen molar-refractivity contribution in [2.75, 3.05) is 7.05 Å².